The van der Waals surface area contributed by atoms with Crippen LogP contribution in [0.4, 0.5) is 5.69 Å². The van der Waals surface area contributed by atoms with Gasteiger partial charge >= 0.3 is 0 Å². The molecule has 2 rings (SSSR count). The molecule has 2 aromatic rings. The van der Waals surface area contributed by atoms with E-state index in [0.717, 1.165) is 7.14 Å². The smallest absolute Gasteiger partial charge is 0.137 e. The summed E-state index contributed by atoms with van der Waals surface area (Å²) in [6.45, 7) is 0. The van der Waals surface area contributed by atoms with E-state index in [1.807, 2.05) is 30.3 Å². The second-order valence-electron chi connectivity index (χ2n) is 3.54. The van der Waals surface area contributed by atoms with Gasteiger partial charge in [-0.25, -0.2) is 0 Å². The van der Waals surface area contributed by atoms with Crippen LogP contribution in [0.2, 0.25) is 5.02 Å². The molecule has 0 amide bonds. The maximum absolute atomic E-state index is 9.93. The normalized spacial score (nSPS) is 11.1. The highest BCUT2D eigenvalue weighted by Crippen LogP contribution is 2.28. The highest BCUT2D eigenvalue weighted by molar-refractivity contribution is 14.1. The van der Waals surface area contributed by atoms with Crippen LogP contribution in [0.5, 0.6) is 5.75 Å². The molecule has 0 unspecified atom stereocenters. The lowest BCUT2D eigenvalue weighted by Gasteiger charge is -2.03. The minimum Gasteiger partial charge on any atom is -0.506 e. The van der Waals surface area contributed by atoms with Crippen molar-refractivity contribution in [2.45, 2.75) is 0 Å². The lowest BCUT2D eigenvalue weighted by atomic mass is 10.2. The summed E-state index contributed by atoms with van der Waals surface area (Å²) in [6, 6.07) is 11.1. The topological polar surface area (TPSA) is 32.6 Å². The van der Waals surface area contributed by atoms with Gasteiger partial charge in [0.25, 0.3) is 0 Å². The molecule has 2 aromatic carbocycles. The third-order valence-corrected chi connectivity index (χ3v) is 4.02. The monoisotopic (exact) mass is 483 g/mol. The summed E-state index contributed by atoms with van der Waals surface area (Å²) in [7, 11) is 0. The first-order valence-electron chi connectivity index (χ1n) is 5.04. The number of hydrogen-bond donors (Lipinski definition) is 1. The van der Waals surface area contributed by atoms with Crippen LogP contribution in [-0.4, -0.2) is 11.3 Å². The molecule has 0 bridgehead atoms. The molecule has 2 nitrogen and oxygen atoms in total. The molecule has 5 heteroatoms. The molecular formula is C13H8ClI2NO. The quantitative estimate of drug-likeness (QED) is 0.473. The molecular weight excluding hydrogens is 475 g/mol. The molecule has 0 aliphatic carbocycles. The Morgan fingerprint density at radius 3 is 2.61 bits per heavy atom. The van der Waals surface area contributed by atoms with Crippen molar-refractivity contribution in [1.82, 2.24) is 0 Å². The van der Waals surface area contributed by atoms with Crippen molar-refractivity contribution >= 4 is 68.7 Å². The van der Waals surface area contributed by atoms with Crippen LogP contribution in [-0.2, 0) is 0 Å². The van der Waals surface area contributed by atoms with Crippen molar-refractivity contribution in [3.63, 3.8) is 0 Å². The molecule has 0 saturated carbocycles. The summed E-state index contributed by atoms with van der Waals surface area (Å²) in [5, 5.41) is 10.5. The van der Waals surface area contributed by atoms with E-state index in [1.165, 1.54) is 0 Å². The molecule has 0 aliphatic rings. The van der Waals surface area contributed by atoms with Crippen LogP contribution in [0.3, 0.4) is 0 Å². The molecule has 0 aliphatic heterocycles. The summed E-state index contributed by atoms with van der Waals surface area (Å²) >= 11 is 10.3. The zero-order valence-corrected chi connectivity index (χ0v) is 14.1. The number of halogens is 3. The van der Waals surface area contributed by atoms with E-state index in [4.69, 9.17) is 11.6 Å². The first-order valence-corrected chi connectivity index (χ1v) is 7.58. The Hall–Kier alpha value is -0.340. The van der Waals surface area contributed by atoms with Gasteiger partial charge in [-0.1, -0.05) is 23.7 Å². The van der Waals surface area contributed by atoms with Gasteiger partial charge in [0.15, 0.2) is 0 Å². The number of phenols is 1. The Morgan fingerprint density at radius 1 is 1.17 bits per heavy atom. The van der Waals surface area contributed by atoms with Crippen molar-refractivity contribution in [1.29, 1.82) is 0 Å². The van der Waals surface area contributed by atoms with Crippen LogP contribution in [0, 0.1) is 7.14 Å². The number of hydrogen-bond acceptors (Lipinski definition) is 2. The Balaban J connectivity index is 2.38. The highest BCUT2D eigenvalue weighted by Gasteiger charge is 2.05. The number of aromatic hydroxyl groups is 1. The van der Waals surface area contributed by atoms with Crippen molar-refractivity contribution in [2.75, 3.05) is 0 Å². The molecule has 0 aromatic heterocycles. The number of nitrogens with zero attached hydrogens (tertiary/aromatic N) is 1. The predicted molar refractivity (Wildman–Crippen MR) is 92.2 cm³/mol. The van der Waals surface area contributed by atoms with Crippen molar-refractivity contribution in [2.24, 2.45) is 4.99 Å². The molecule has 0 fully saturated rings. The van der Waals surface area contributed by atoms with E-state index in [9.17, 15) is 5.11 Å². The van der Waals surface area contributed by atoms with Gasteiger partial charge in [0, 0.05) is 15.3 Å². The molecule has 1 N–H and O–H groups in total. The molecule has 0 atom stereocenters. The second kappa shape index (κ2) is 6.21. The van der Waals surface area contributed by atoms with E-state index < -0.39 is 0 Å². The fraction of sp³-hybridized carbons (Fsp3) is 0. The SMILES string of the molecule is Oc1c(I)cc(I)cc1C=Nc1ccccc1Cl. The van der Waals surface area contributed by atoms with E-state index in [-0.39, 0.29) is 5.75 Å². The van der Waals surface area contributed by atoms with Gasteiger partial charge in [-0.2, -0.15) is 0 Å². The lowest BCUT2D eigenvalue weighted by Crippen LogP contribution is -1.87. The largest absolute Gasteiger partial charge is 0.506 e. The maximum Gasteiger partial charge on any atom is 0.137 e. The number of rotatable bonds is 2. The highest BCUT2D eigenvalue weighted by atomic mass is 127. The van der Waals surface area contributed by atoms with Gasteiger partial charge in [0.05, 0.1) is 14.3 Å². The number of benzene rings is 2. The average Bonchev–Trinajstić information content (AvgIpc) is 2.33. The number of phenolic OH excluding ortho intramolecular Hbond substituents is 1. The van der Waals surface area contributed by atoms with Crippen molar-refractivity contribution in [3.05, 3.63) is 54.1 Å². The first kappa shape index (κ1) is 14.1. The van der Waals surface area contributed by atoms with E-state index in [2.05, 4.69) is 50.2 Å². The zero-order chi connectivity index (χ0) is 13.1. The number of aliphatic imine (C=N–C) groups is 1. The standard InChI is InChI=1S/C13H8ClI2NO/c14-10-3-1-2-4-12(10)17-7-8-5-9(15)6-11(16)13(8)18/h1-7,18H. The third kappa shape index (κ3) is 3.36. The summed E-state index contributed by atoms with van der Waals surface area (Å²) in [5.74, 6) is 0.242. The second-order valence-corrected chi connectivity index (χ2v) is 6.35. The predicted octanol–water partition coefficient (Wildman–Crippen LogP) is 5.01. The van der Waals surface area contributed by atoms with Crippen molar-refractivity contribution < 1.29 is 5.11 Å². The summed E-state index contributed by atoms with van der Waals surface area (Å²) in [5.41, 5.74) is 1.37. The zero-order valence-electron chi connectivity index (χ0n) is 9.07. The average molecular weight is 483 g/mol. The van der Waals surface area contributed by atoms with Gasteiger partial charge in [-0.3, -0.25) is 4.99 Å². The van der Waals surface area contributed by atoms with E-state index >= 15 is 0 Å². The van der Waals surface area contributed by atoms with Crippen molar-refractivity contribution in [3.8, 4) is 5.75 Å². The van der Waals surface area contributed by atoms with Gasteiger partial charge < -0.3 is 5.11 Å². The minimum absolute atomic E-state index is 0.242. The lowest BCUT2D eigenvalue weighted by molar-refractivity contribution is 0.470. The summed E-state index contributed by atoms with van der Waals surface area (Å²) < 4.78 is 1.86. The molecule has 18 heavy (non-hydrogen) atoms. The van der Waals surface area contributed by atoms with E-state index in [0.29, 0.717) is 16.3 Å². The Morgan fingerprint density at radius 2 is 1.89 bits per heavy atom. The van der Waals surface area contributed by atoms with Crippen LogP contribution >= 0.6 is 56.8 Å². The molecule has 0 spiro atoms. The minimum atomic E-state index is 0.242. The van der Waals surface area contributed by atoms with E-state index in [1.54, 1.807) is 12.3 Å². The molecule has 0 heterocycles. The third-order valence-electron chi connectivity index (χ3n) is 2.25. The van der Waals surface area contributed by atoms with Crippen LogP contribution < -0.4 is 0 Å². The van der Waals surface area contributed by atoms with Crippen LogP contribution in [0.1, 0.15) is 5.56 Å². The number of para-hydroxylation sites is 1. The fourth-order valence-electron chi connectivity index (χ4n) is 1.38. The Bertz CT molecular complexity index is 614. The van der Waals surface area contributed by atoms with Gasteiger partial charge in [-0.15, -0.1) is 0 Å². The molecule has 92 valence electrons. The van der Waals surface area contributed by atoms with Crippen LogP contribution in [0.25, 0.3) is 0 Å². The Kier molecular flexibility index (Phi) is 4.85. The van der Waals surface area contributed by atoms with Gasteiger partial charge in [0.1, 0.15) is 5.75 Å². The summed E-state index contributed by atoms with van der Waals surface area (Å²) in [4.78, 5) is 4.30. The van der Waals surface area contributed by atoms with Gasteiger partial charge in [0.2, 0.25) is 0 Å². The summed E-state index contributed by atoms with van der Waals surface area (Å²) in [6.07, 6.45) is 1.63. The first-order chi connectivity index (χ1) is 8.58. The van der Waals surface area contributed by atoms with Crippen LogP contribution in [0.15, 0.2) is 41.4 Å². The molecule has 0 radical (unpaired) electrons. The van der Waals surface area contributed by atoms with Gasteiger partial charge in [-0.05, 0) is 69.4 Å². The maximum atomic E-state index is 9.93. The molecule has 0 saturated heterocycles. The fourth-order valence-corrected chi connectivity index (χ4v) is 3.45. The Labute approximate surface area is 137 Å².